The van der Waals surface area contributed by atoms with Crippen LogP contribution in [0.5, 0.6) is 0 Å². The molecule has 0 spiro atoms. The topological polar surface area (TPSA) is 113 Å². The molecular weight excluding hydrogens is 370 g/mol. The molecule has 1 amide bonds. The summed E-state index contributed by atoms with van der Waals surface area (Å²) in [5.41, 5.74) is 6.24. The van der Waals surface area contributed by atoms with Crippen LogP contribution in [-0.2, 0) is 0 Å². The van der Waals surface area contributed by atoms with E-state index in [0.717, 1.165) is 12.8 Å². The molecule has 5 N–H and O–H groups in total. The number of aliphatic hydroxyl groups excluding tert-OH is 1. The molecule has 1 fully saturated rings. The number of nitrogens with two attached hydrogens (primary N) is 1. The first-order valence-electron chi connectivity index (χ1n) is 11.2. The summed E-state index contributed by atoms with van der Waals surface area (Å²) in [4.78, 5) is 21.1. The Hall–Kier alpha value is -1.44. The fourth-order valence-electron chi connectivity index (χ4n) is 5.41. The third kappa shape index (κ3) is 5.06. The van der Waals surface area contributed by atoms with E-state index < -0.39 is 5.91 Å². The number of nitrogens with one attached hydrogen (secondary N) is 2. The van der Waals surface area contributed by atoms with Crippen molar-refractivity contribution in [1.82, 2.24) is 9.97 Å². The van der Waals surface area contributed by atoms with Crippen LogP contribution in [0.3, 0.4) is 0 Å². The number of aliphatic hydroxyl groups is 1. The van der Waals surface area contributed by atoms with Crippen LogP contribution in [0.15, 0.2) is 6.20 Å². The van der Waals surface area contributed by atoms with Crippen molar-refractivity contribution in [2.75, 3.05) is 10.6 Å². The SMILES string of the molecule is BC(B)C(Nc1ncc(C(N)=O)c(NC2CCC(C)C(O)C2)n1)(C(B)B)C(B)(B)B. The van der Waals surface area contributed by atoms with Crippen molar-refractivity contribution in [3.8, 4) is 0 Å². The molecule has 1 aliphatic rings. The van der Waals surface area contributed by atoms with Crippen LogP contribution >= 0.6 is 0 Å². The van der Waals surface area contributed by atoms with E-state index in [2.05, 4.69) is 82.4 Å². The maximum Gasteiger partial charge on any atom is 0.254 e. The first-order valence-corrected chi connectivity index (χ1v) is 11.2. The third-order valence-corrected chi connectivity index (χ3v) is 6.93. The molecule has 1 aliphatic carbocycles. The van der Waals surface area contributed by atoms with Gasteiger partial charge in [-0.3, -0.25) is 4.79 Å². The van der Waals surface area contributed by atoms with Gasteiger partial charge >= 0.3 is 0 Å². The van der Waals surface area contributed by atoms with Crippen LogP contribution in [-0.4, -0.2) is 93.6 Å². The van der Waals surface area contributed by atoms with E-state index in [-0.39, 0.29) is 34.3 Å². The maximum atomic E-state index is 12.0. The predicted molar refractivity (Wildman–Crippen MR) is 143 cm³/mol. The maximum absolute atomic E-state index is 12.0. The van der Waals surface area contributed by atoms with E-state index in [1.165, 1.54) is 6.20 Å². The highest BCUT2D eigenvalue weighted by Crippen LogP contribution is 2.45. The van der Waals surface area contributed by atoms with Gasteiger partial charge in [0.1, 0.15) is 5.82 Å². The molecule has 2 rings (SSSR count). The zero-order valence-electron chi connectivity index (χ0n) is 19.9. The zero-order chi connectivity index (χ0) is 22.9. The Labute approximate surface area is 187 Å². The summed E-state index contributed by atoms with van der Waals surface area (Å²) in [6.45, 7) is 2.06. The number of aromatic nitrogens is 2. The quantitative estimate of drug-likeness (QED) is 0.322. The van der Waals surface area contributed by atoms with Gasteiger partial charge in [0, 0.05) is 17.8 Å². The highest BCUT2D eigenvalue weighted by atomic mass is 16.3. The lowest BCUT2D eigenvalue weighted by molar-refractivity contribution is 0.0739. The number of anilines is 2. The monoisotopic (exact) mass is 405 g/mol. The van der Waals surface area contributed by atoms with E-state index in [1.54, 1.807) is 0 Å². The number of primary amides is 1. The van der Waals surface area contributed by atoms with Crippen LogP contribution < -0.4 is 16.4 Å². The van der Waals surface area contributed by atoms with Gasteiger partial charge in [-0.05, 0) is 25.2 Å². The first kappa shape index (κ1) is 24.8. The van der Waals surface area contributed by atoms with Gasteiger partial charge in [-0.2, -0.15) is 4.98 Å². The summed E-state index contributed by atoms with van der Waals surface area (Å²) in [5, 5.41) is 17.2. The lowest BCUT2D eigenvalue weighted by Crippen LogP contribution is -2.58. The molecule has 1 aromatic heterocycles. The van der Waals surface area contributed by atoms with Crippen molar-refractivity contribution in [3.63, 3.8) is 0 Å². The molecule has 0 aliphatic heterocycles. The first-order chi connectivity index (χ1) is 13.8. The molecule has 0 radical (unpaired) electrons. The fourth-order valence-corrected chi connectivity index (χ4v) is 5.41. The minimum atomic E-state index is -0.566. The Morgan fingerprint density at radius 3 is 2.30 bits per heavy atom. The number of amides is 1. The number of carbonyl (C=O) groups excluding carboxylic acids is 1. The average molecular weight is 404 g/mol. The van der Waals surface area contributed by atoms with Gasteiger partial charge in [-0.1, -0.05) is 23.5 Å². The molecule has 0 bridgehead atoms. The summed E-state index contributed by atoms with van der Waals surface area (Å²) >= 11 is 0. The second-order valence-corrected chi connectivity index (χ2v) is 10.6. The smallest absolute Gasteiger partial charge is 0.254 e. The molecular formula is C16H34B7N5O2. The van der Waals surface area contributed by atoms with E-state index in [9.17, 15) is 9.90 Å². The minimum Gasteiger partial charge on any atom is -0.393 e. The molecule has 0 saturated heterocycles. The molecule has 7 nitrogen and oxygen atoms in total. The van der Waals surface area contributed by atoms with Crippen molar-refractivity contribution in [2.45, 2.75) is 60.4 Å². The second-order valence-electron chi connectivity index (χ2n) is 10.6. The van der Waals surface area contributed by atoms with E-state index in [1.807, 2.05) is 0 Å². The van der Waals surface area contributed by atoms with Gasteiger partial charge in [0.15, 0.2) is 0 Å². The standard InChI is InChI=1S/C16H34B7N5O2/c1-6-2-3-7(4-9(6)29)26-11-8(10(24)30)5-25-14(27-11)28-15(12(17)18,13(19)20)16(21,22)23/h5-7,9,12-13,29H,2-4,17-23H2,1H3,(H2,24,30)(H2,25,26,27,28). The minimum absolute atomic E-state index is 0.0413. The highest BCUT2D eigenvalue weighted by Gasteiger charge is 2.46. The number of nitrogens with zero attached hydrogens (tertiary/aromatic N) is 2. The van der Waals surface area contributed by atoms with Crippen LogP contribution in [0.2, 0.25) is 16.5 Å². The van der Waals surface area contributed by atoms with Crippen LogP contribution in [0.4, 0.5) is 11.8 Å². The molecule has 3 atom stereocenters. The van der Waals surface area contributed by atoms with Gasteiger partial charge < -0.3 is 21.5 Å². The molecule has 0 aromatic carbocycles. The highest BCUT2D eigenvalue weighted by molar-refractivity contribution is 6.62. The summed E-state index contributed by atoms with van der Waals surface area (Å²) < 4.78 is 0. The summed E-state index contributed by atoms with van der Waals surface area (Å²) in [7, 11) is 15.5. The van der Waals surface area contributed by atoms with Crippen LogP contribution in [0, 0.1) is 5.92 Å². The largest absolute Gasteiger partial charge is 0.393 e. The van der Waals surface area contributed by atoms with Crippen molar-refractivity contribution in [1.29, 1.82) is 0 Å². The van der Waals surface area contributed by atoms with Crippen LogP contribution in [0.25, 0.3) is 0 Å². The molecule has 1 aromatic rings. The summed E-state index contributed by atoms with van der Waals surface area (Å²) in [5.74, 6) is 0.626. The molecule has 30 heavy (non-hydrogen) atoms. The Balaban J connectivity index is 2.40. The molecule has 1 saturated carbocycles. The van der Waals surface area contributed by atoms with E-state index in [4.69, 9.17) is 5.73 Å². The van der Waals surface area contributed by atoms with Crippen molar-refractivity contribution in [2.24, 2.45) is 11.7 Å². The average Bonchev–Trinajstić information content (AvgIpc) is 2.61. The Kier molecular flexibility index (Phi) is 7.75. The molecule has 156 valence electrons. The summed E-state index contributed by atoms with van der Waals surface area (Å²) in [6, 6.07) is 0.0413. The van der Waals surface area contributed by atoms with Gasteiger partial charge in [0.05, 0.1) is 66.6 Å². The number of hydrogen-bond donors (Lipinski definition) is 4. The Morgan fingerprint density at radius 1 is 1.23 bits per heavy atom. The lowest BCUT2D eigenvalue weighted by atomic mass is 9.25. The van der Waals surface area contributed by atoms with Gasteiger partial charge in [0.2, 0.25) is 5.95 Å². The number of rotatable bonds is 8. The van der Waals surface area contributed by atoms with Crippen molar-refractivity contribution in [3.05, 3.63) is 11.8 Å². The van der Waals surface area contributed by atoms with Gasteiger partial charge in [-0.15, -0.1) is 0 Å². The third-order valence-electron chi connectivity index (χ3n) is 6.93. The molecule has 3 unspecified atom stereocenters. The van der Waals surface area contributed by atoms with Crippen molar-refractivity contribution < 1.29 is 9.90 Å². The van der Waals surface area contributed by atoms with Gasteiger partial charge in [-0.25, -0.2) is 4.98 Å². The van der Waals surface area contributed by atoms with E-state index >= 15 is 0 Å². The van der Waals surface area contributed by atoms with E-state index in [0.29, 0.717) is 29.6 Å². The van der Waals surface area contributed by atoms with Crippen molar-refractivity contribution >= 4 is 72.6 Å². The predicted octanol–water partition coefficient (Wildman–Crippen LogP) is -5.31. The Bertz CT molecular complexity index is 754. The lowest BCUT2D eigenvalue weighted by Gasteiger charge is -2.53. The fraction of sp³-hybridized carbons (Fsp3) is 0.688. The number of hydrogen-bond acceptors (Lipinski definition) is 6. The second kappa shape index (κ2) is 9.37. The normalized spacial score (nSPS) is 22.7. The van der Waals surface area contributed by atoms with Crippen LogP contribution in [0.1, 0.15) is 36.5 Å². The number of carbonyl (C=O) groups is 1. The zero-order valence-corrected chi connectivity index (χ0v) is 19.9. The summed E-state index contributed by atoms with van der Waals surface area (Å²) in [6.07, 6.45) is 3.59. The Morgan fingerprint density at radius 2 is 1.83 bits per heavy atom. The van der Waals surface area contributed by atoms with Gasteiger partial charge in [0.25, 0.3) is 5.91 Å². The molecule has 14 heteroatoms. The molecule has 1 heterocycles.